The molecule has 0 heterocycles. The van der Waals surface area contributed by atoms with E-state index in [1.165, 1.54) is 19.1 Å². The fourth-order valence-electron chi connectivity index (χ4n) is 1.89. The normalized spacial score (nSPS) is 13.7. The smallest absolute Gasteiger partial charge is 0.417 e. The molecule has 0 N–H and O–H groups in total. The number of carbonyl (C=O) groups is 1. The number of hydrogen-bond acceptors (Lipinski definition) is 3. The van der Waals surface area contributed by atoms with E-state index in [2.05, 4.69) is 9.47 Å². The van der Waals surface area contributed by atoms with Gasteiger partial charge in [-0.15, -0.1) is 0 Å². The molecular formula is C17H17F3O3. The molecule has 0 saturated heterocycles. The second kappa shape index (κ2) is 8.22. The van der Waals surface area contributed by atoms with Crippen LogP contribution in [0.5, 0.6) is 0 Å². The molecule has 23 heavy (non-hydrogen) atoms. The first-order valence-corrected chi connectivity index (χ1v) is 6.64. The molecular weight excluding hydrogens is 309 g/mol. The van der Waals surface area contributed by atoms with Crippen LogP contribution < -0.4 is 0 Å². The first-order chi connectivity index (χ1) is 10.8. The van der Waals surface area contributed by atoms with Gasteiger partial charge in [0.2, 0.25) is 0 Å². The Morgan fingerprint density at radius 2 is 1.74 bits per heavy atom. The molecule has 0 radical (unpaired) electrons. The zero-order valence-electron chi connectivity index (χ0n) is 13.0. The molecule has 0 aliphatic carbocycles. The topological polar surface area (TPSA) is 35.5 Å². The van der Waals surface area contributed by atoms with E-state index >= 15 is 0 Å². The van der Waals surface area contributed by atoms with Crippen LogP contribution >= 0.6 is 0 Å². The number of methoxy groups -OCH3 is 2. The number of esters is 1. The van der Waals surface area contributed by atoms with Gasteiger partial charge in [0, 0.05) is 0 Å². The fraction of sp³-hybridized carbons (Fsp3) is 0.235. The second-order valence-corrected chi connectivity index (χ2v) is 4.56. The molecule has 0 bridgehead atoms. The van der Waals surface area contributed by atoms with Crippen molar-refractivity contribution >= 4 is 12.0 Å². The lowest BCUT2D eigenvalue weighted by Crippen LogP contribution is -2.21. The summed E-state index contributed by atoms with van der Waals surface area (Å²) >= 11 is 0. The highest BCUT2D eigenvalue weighted by Crippen LogP contribution is 2.35. The summed E-state index contributed by atoms with van der Waals surface area (Å²) in [5, 5.41) is 0. The van der Waals surface area contributed by atoms with Crippen LogP contribution in [0.25, 0.3) is 6.08 Å². The number of ether oxygens (including phenoxy) is 2. The van der Waals surface area contributed by atoms with Gasteiger partial charge >= 0.3 is 12.1 Å². The lowest BCUT2D eigenvalue weighted by atomic mass is 10.00. The molecule has 0 amide bonds. The molecule has 1 aromatic carbocycles. The zero-order chi connectivity index (χ0) is 17.5. The number of halogens is 3. The van der Waals surface area contributed by atoms with Crippen LogP contribution in [0.4, 0.5) is 13.2 Å². The highest BCUT2D eigenvalue weighted by atomic mass is 19.4. The van der Waals surface area contributed by atoms with E-state index in [1.54, 1.807) is 30.3 Å². The minimum absolute atomic E-state index is 0.130. The van der Waals surface area contributed by atoms with E-state index in [-0.39, 0.29) is 5.57 Å². The van der Waals surface area contributed by atoms with E-state index in [0.29, 0.717) is 0 Å². The Labute approximate surface area is 132 Å². The van der Waals surface area contributed by atoms with Crippen molar-refractivity contribution in [3.8, 4) is 0 Å². The largest absolute Gasteiger partial charge is 0.503 e. The number of carbonyl (C=O) groups excluding carboxylic acids is 1. The van der Waals surface area contributed by atoms with Crippen molar-refractivity contribution in [2.45, 2.75) is 13.1 Å². The SMILES string of the molecule is COC=C(C(=O)OC)C(=C(C)C=Cc1ccccc1)C(F)(F)F. The lowest BCUT2D eigenvalue weighted by Gasteiger charge is -2.15. The van der Waals surface area contributed by atoms with Crippen molar-refractivity contribution in [2.75, 3.05) is 14.2 Å². The van der Waals surface area contributed by atoms with Crippen molar-refractivity contribution in [1.29, 1.82) is 0 Å². The van der Waals surface area contributed by atoms with Crippen LogP contribution in [-0.2, 0) is 14.3 Å². The Hall–Kier alpha value is -2.50. The first kappa shape index (κ1) is 18.5. The van der Waals surface area contributed by atoms with E-state index in [9.17, 15) is 18.0 Å². The molecule has 0 aromatic heterocycles. The maximum Gasteiger partial charge on any atom is 0.417 e. The second-order valence-electron chi connectivity index (χ2n) is 4.56. The van der Waals surface area contributed by atoms with Gasteiger partial charge in [-0.3, -0.25) is 0 Å². The minimum Gasteiger partial charge on any atom is -0.503 e. The number of allylic oxidation sites excluding steroid dienone is 2. The maximum atomic E-state index is 13.4. The molecule has 124 valence electrons. The summed E-state index contributed by atoms with van der Waals surface area (Å²) in [4.78, 5) is 11.6. The van der Waals surface area contributed by atoms with Crippen molar-refractivity contribution in [1.82, 2.24) is 0 Å². The van der Waals surface area contributed by atoms with E-state index in [0.717, 1.165) is 26.0 Å². The summed E-state index contributed by atoms with van der Waals surface area (Å²) in [7, 11) is 2.17. The van der Waals surface area contributed by atoms with Gasteiger partial charge in [-0.1, -0.05) is 42.5 Å². The lowest BCUT2D eigenvalue weighted by molar-refractivity contribution is -0.138. The Morgan fingerprint density at radius 3 is 2.22 bits per heavy atom. The molecule has 0 spiro atoms. The third-order valence-corrected chi connectivity index (χ3v) is 2.91. The number of rotatable bonds is 5. The third kappa shape index (κ3) is 5.32. The van der Waals surface area contributed by atoms with E-state index in [1.807, 2.05) is 0 Å². The van der Waals surface area contributed by atoms with Gasteiger partial charge in [-0.25, -0.2) is 4.79 Å². The van der Waals surface area contributed by atoms with Gasteiger partial charge in [-0.05, 0) is 18.1 Å². The predicted molar refractivity (Wildman–Crippen MR) is 81.3 cm³/mol. The molecule has 3 nitrogen and oxygen atoms in total. The summed E-state index contributed by atoms with van der Waals surface area (Å²) < 4.78 is 49.1. The quantitative estimate of drug-likeness (QED) is 0.351. The zero-order valence-corrected chi connectivity index (χ0v) is 13.0. The van der Waals surface area contributed by atoms with E-state index in [4.69, 9.17) is 0 Å². The Morgan fingerprint density at radius 1 is 1.13 bits per heavy atom. The van der Waals surface area contributed by atoms with Gasteiger partial charge in [0.05, 0.1) is 26.1 Å². The molecule has 1 rings (SSSR count). The Balaban J connectivity index is 3.36. The van der Waals surface area contributed by atoms with Gasteiger partial charge in [0.15, 0.2) is 0 Å². The molecule has 6 heteroatoms. The van der Waals surface area contributed by atoms with Crippen molar-refractivity contribution in [3.63, 3.8) is 0 Å². The van der Waals surface area contributed by atoms with Crippen molar-refractivity contribution in [3.05, 3.63) is 65.0 Å². The average molecular weight is 326 g/mol. The average Bonchev–Trinajstić information content (AvgIpc) is 2.51. The van der Waals surface area contributed by atoms with Gasteiger partial charge in [0.1, 0.15) is 5.57 Å². The van der Waals surface area contributed by atoms with Crippen LogP contribution in [0.2, 0.25) is 0 Å². The highest BCUT2D eigenvalue weighted by Gasteiger charge is 2.40. The van der Waals surface area contributed by atoms with Crippen LogP contribution in [-0.4, -0.2) is 26.4 Å². The number of benzene rings is 1. The molecule has 0 aliphatic rings. The molecule has 1 aromatic rings. The third-order valence-electron chi connectivity index (χ3n) is 2.91. The van der Waals surface area contributed by atoms with Gasteiger partial charge in [0.25, 0.3) is 0 Å². The first-order valence-electron chi connectivity index (χ1n) is 6.64. The molecule has 0 atom stereocenters. The molecule has 0 aliphatic heterocycles. The fourth-order valence-corrected chi connectivity index (χ4v) is 1.89. The summed E-state index contributed by atoms with van der Waals surface area (Å²) in [6, 6.07) is 8.85. The predicted octanol–water partition coefficient (Wildman–Crippen LogP) is 4.28. The monoisotopic (exact) mass is 326 g/mol. The Bertz CT molecular complexity index is 626. The van der Waals surface area contributed by atoms with Crippen LogP contribution in [0.15, 0.2) is 59.4 Å². The van der Waals surface area contributed by atoms with Gasteiger partial charge in [-0.2, -0.15) is 13.2 Å². The van der Waals surface area contributed by atoms with Gasteiger partial charge < -0.3 is 9.47 Å². The summed E-state index contributed by atoms with van der Waals surface area (Å²) in [6.45, 7) is 1.27. The minimum atomic E-state index is -4.73. The van der Waals surface area contributed by atoms with Crippen molar-refractivity contribution in [2.24, 2.45) is 0 Å². The molecule has 0 fully saturated rings. The standard InChI is InChI=1S/C17H17F3O3/c1-12(9-10-13-7-5-4-6-8-13)15(17(18,19)20)14(11-22-2)16(21)23-3/h4-11H,1-3H3. The van der Waals surface area contributed by atoms with Crippen LogP contribution in [0, 0.1) is 0 Å². The van der Waals surface area contributed by atoms with Crippen LogP contribution in [0.1, 0.15) is 12.5 Å². The maximum absolute atomic E-state index is 13.4. The number of hydrogen-bond donors (Lipinski definition) is 0. The number of alkyl halides is 3. The molecule has 0 saturated carbocycles. The van der Waals surface area contributed by atoms with E-state index < -0.39 is 23.3 Å². The summed E-state index contributed by atoms with van der Waals surface area (Å²) in [6.07, 6.45) is -1.18. The highest BCUT2D eigenvalue weighted by molar-refractivity contribution is 5.94. The Kier molecular flexibility index (Phi) is 6.63. The summed E-state index contributed by atoms with van der Waals surface area (Å²) in [5.41, 5.74) is -1.17. The van der Waals surface area contributed by atoms with Crippen LogP contribution in [0.3, 0.4) is 0 Å². The summed E-state index contributed by atoms with van der Waals surface area (Å²) in [5.74, 6) is -1.12. The molecule has 0 unspecified atom stereocenters. The van der Waals surface area contributed by atoms with Crippen molar-refractivity contribution < 1.29 is 27.4 Å².